The molecule has 18 heteroatoms. The number of methoxy groups -OCH3 is 18. The Kier molecular flexibility index (Phi) is 10.4. The van der Waals surface area contributed by atoms with Gasteiger partial charge in [-0.05, 0) is 0 Å². The Balaban J connectivity index is 1.67. The van der Waals surface area contributed by atoms with Crippen LogP contribution in [0.5, 0.6) is 103 Å². The summed E-state index contributed by atoms with van der Waals surface area (Å²) in [5, 5.41) is 16.2. The molecule has 0 aliphatic rings. The summed E-state index contributed by atoms with van der Waals surface area (Å²) in [6.07, 6.45) is 0. The molecule has 13 aromatic rings. The van der Waals surface area contributed by atoms with Crippen LogP contribution < -0.4 is 85.3 Å². The van der Waals surface area contributed by atoms with Crippen molar-refractivity contribution in [3.05, 3.63) is 0 Å². The summed E-state index contributed by atoms with van der Waals surface area (Å²) in [5.74, 6) is 5.86. The van der Waals surface area contributed by atoms with E-state index in [1.807, 2.05) is 0 Å². The molecule has 0 atom stereocenters. The normalized spacial score (nSPS) is 12.2. The van der Waals surface area contributed by atoms with Crippen LogP contribution in [0.25, 0.3) is 129 Å². The molecule has 0 bridgehead atoms. The van der Waals surface area contributed by atoms with Gasteiger partial charge in [0.1, 0.15) is 0 Å². The molecule has 0 saturated carbocycles. The molecule has 0 radical (unpaired) electrons. The van der Waals surface area contributed by atoms with E-state index in [1.54, 1.807) is 128 Å². The van der Waals surface area contributed by atoms with Gasteiger partial charge in [-0.15, -0.1) is 0 Å². The lowest BCUT2D eigenvalue weighted by Gasteiger charge is -2.34. The van der Waals surface area contributed by atoms with E-state index < -0.39 is 0 Å². The van der Waals surface area contributed by atoms with Gasteiger partial charge in [-0.1, -0.05) is 0 Å². The first kappa shape index (κ1) is 48.6. The molecule has 0 spiro atoms. The molecule has 0 aliphatic heterocycles. The van der Waals surface area contributed by atoms with Crippen molar-refractivity contribution in [2.75, 3.05) is 128 Å². The highest BCUT2D eigenvalue weighted by atomic mass is 16.6. The number of ether oxygens (including phenoxy) is 18. The van der Waals surface area contributed by atoms with Crippen molar-refractivity contribution in [3.63, 3.8) is 0 Å². The van der Waals surface area contributed by atoms with Crippen LogP contribution in [0.4, 0.5) is 0 Å². The number of fused-ring (bicyclic) bond motifs is 6. The van der Waals surface area contributed by atoms with E-state index in [0.717, 1.165) is 32.3 Å². The van der Waals surface area contributed by atoms with Gasteiger partial charge in [-0.2, -0.15) is 0 Å². The summed E-state index contributed by atoms with van der Waals surface area (Å²) < 4.78 is 118. The Morgan fingerprint density at radius 2 is 0.154 bits per heavy atom. The zero-order chi connectivity index (χ0) is 55.0. The highest BCUT2D eigenvalue weighted by Gasteiger charge is 2.44. The minimum atomic E-state index is 0.285. The molecule has 0 fully saturated rings. The van der Waals surface area contributed by atoms with Crippen LogP contribution in [0.3, 0.4) is 0 Å². The summed E-state index contributed by atoms with van der Waals surface area (Å²) in [6.45, 7) is 0. The van der Waals surface area contributed by atoms with Crippen molar-refractivity contribution in [2.45, 2.75) is 0 Å². The van der Waals surface area contributed by atoms with Gasteiger partial charge in [-0.25, -0.2) is 0 Å². The van der Waals surface area contributed by atoms with Crippen LogP contribution in [-0.4, -0.2) is 128 Å². The Morgan fingerprint density at radius 1 is 0.0897 bits per heavy atom. The standard InChI is InChI=1S/C60H54O18/c1-61-43-31-25-19-20-22-24-23-21(19)27-35(33(25)44(62-2)55(43)73-13)47(65-5)57(75-15)49(67-7)37(27)39-29(23)40(52(70-10)59(77-17)51(39)69-9)42-30(24)41(53(71-11)60(78-18)54(42)72-12)38-28(22)36(48(66-6)58(76-16)50(38)68-8)34-26(20)32(31)45(63-3)56(74-14)46(34)64-4/h1-18H3. The minimum Gasteiger partial charge on any atom is -0.492 e. The van der Waals surface area contributed by atoms with E-state index in [1.165, 1.54) is 0 Å². The van der Waals surface area contributed by atoms with Gasteiger partial charge in [0.15, 0.2) is 69.0 Å². The van der Waals surface area contributed by atoms with Crippen LogP contribution in [0.1, 0.15) is 0 Å². The molecule has 0 heterocycles. The Morgan fingerprint density at radius 3 is 0.218 bits per heavy atom. The largest absolute Gasteiger partial charge is 0.492 e. The fourth-order valence-corrected chi connectivity index (χ4v) is 14.2. The SMILES string of the molecule is COc1c(OC)c2c3c(OC)c(OC)c(OC)c4c5c(OC)c(OC)c(OC)c6c7c(OC)c(OC)c(OC)c8c9c(OC)c(OC)c(OC)c%10c%11c(OC)c(OC)c(OC)c%12c(c1OC)c2c1c(c34)c(c56)c(c78)c(c%109)c1c%12%11. The Hall–Kier alpha value is -9.06. The third kappa shape index (κ3) is 4.93. The minimum absolute atomic E-state index is 0.285. The lowest BCUT2D eigenvalue weighted by atomic mass is 9.72. The molecule has 0 amide bonds. The maximum absolute atomic E-state index is 6.63. The summed E-state index contributed by atoms with van der Waals surface area (Å²) >= 11 is 0. The van der Waals surface area contributed by atoms with E-state index in [2.05, 4.69) is 0 Å². The number of benzene rings is 13. The fraction of sp³-hybridized carbons (Fsp3) is 0.300. The Labute approximate surface area is 444 Å². The third-order valence-corrected chi connectivity index (χ3v) is 16.4. The Bertz CT molecular complexity index is 3650. The fourth-order valence-electron chi connectivity index (χ4n) is 14.2. The van der Waals surface area contributed by atoms with Crippen LogP contribution in [-0.2, 0) is 0 Å². The maximum atomic E-state index is 6.63. The highest BCUT2D eigenvalue weighted by molar-refractivity contribution is 6.64. The molecule has 0 aromatic heterocycles. The first-order valence-corrected chi connectivity index (χ1v) is 24.5. The lowest BCUT2D eigenvalue weighted by Crippen LogP contribution is -2.09. The quantitative estimate of drug-likeness (QED) is 0.0587. The van der Waals surface area contributed by atoms with E-state index >= 15 is 0 Å². The molecule has 78 heavy (non-hydrogen) atoms. The van der Waals surface area contributed by atoms with E-state index in [-0.39, 0.29) is 34.5 Å². The molecular formula is C60H54O18. The first-order chi connectivity index (χ1) is 38.1. The van der Waals surface area contributed by atoms with Gasteiger partial charge < -0.3 is 85.3 Å². The van der Waals surface area contributed by atoms with E-state index in [4.69, 9.17) is 85.3 Å². The molecule has 13 aromatic carbocycles. The van der Waals surface area contributed by atoms with Crippen LogP contribution in [0.2, 0.25) is 0 Å². The molecule has 0 saturated heterocycles. The van der Waals surface area contributed by atoms with Gasteiger partial charge in [0.25, 0.3) is 0 Å². The average molecular weight is 1060 g/mol. The molecule has 0 N–H and O–H groups in total. The molecule has 13 rings (SSSR count). The topological polar surface area (TPSA) is 166 Å². The van der Waals surface area contributed by atoms with Gasteiger partial charge in [0.2, 0.25) is 34.5 Å². The number of hydrogen-bond acceptors (Lipinski definition) is 18. The molecule has 18 nitrogen and oxygen atoms in total. The van der Waals surface area contributed by atoms with E-state index in [9.17, 15) is 0 Å². The smallest absolute Gasteiger partial charge is 0.204 e. The monoisotopic (exact) mass is 1060 g/mol. The van der Waals surface area contributed by atoms with Gasteiger partial charge in [-0.3, -0.25) is 0 Å². The lowest BCUT2D eigenvalue weighted by molar-refractivity contribution is 0.326. The molecular weight excluding hydrogens is 1010 g/mol. The summed E-state index contributed by atoms with van der Waals surface area (Å²) in [4.78, 5) is 0. The predicted molar refractivity (Wildman–Crippen MR) is 302 cm³/mol. The average Bonchev–Trinajstić information content (AvgIpc) is 3.65. The summed E-state index contributed by atoms with van der Waals surface area (Å²) in [5.41, 5.74) is 0. The van der Waals surface area contributed by atoms with Crippen LogP contribution >= 0.6 is 0 Å². The van der Waals surface area contributed by atoms with E-state index in [0.29, 0.717) is 166 Å². The van der Waals surface area contributed by atoms with Crippen molar-refractivity contribution < 1.29 is 85.3 Å². The van der Waals surface area contributed by atoms with Gasteiger partial charge >= 0.3 is 0 Å². The number of rotatable bonds is 18. The third-order valence-electron chi connectivity index (χ3n) is 16.4. The molecule has 0 aliphatic carbocycles. The second kappa shape index (κ2) is 16.7. The van der Waals surface area contributed by atoms with Crippen molar-refractivity contribution in [3.8, 4) is 103 Å². The molecule has 0 unspecified atom stereocenters. The van der Waals surface area contributed by atoms with Crippen molar-refractivity contribution >= 4 is 129 Å². The summed E-state index contributed by atoms with van der Waals surface area (Å²) in [7, 11) is 28.6. The zero-order valence-electron chi connectivity index (χ0n) is 46.3. The summed E-state index contributed by atoms with van der Waals surface area (Å²) in [6, 6.07) is 0. The zero-order valence-corrected chi connectivity index (χ0v) is 46.3. The van der Waals surface area contributed by atoms with Crippen molar-refractivity contribution in [2.24, 2.45) is 0 Å². The van der Waals surface area contributed by atoms with Gasteiger partial charge in [0, 0.05) is 129 Å². The second-order valence-corrected chi connectivity index (χ2v) is 18.6. The van der Waals surface area contributed by atoms with Crippen LogP contribution in [0.15, 0.2) is 0 Å². The highest BCUT2D eigenvalue weighted by Crippen LogP contribution is 2.72. The van der Waals surface area contributed by atoms with Crippen LogP contribution in [0, 0.1) is 0 Å². The van der Waals surface area contributed by atoms with Crippen molar-refractivity contribution in [1.82, 2.24) is 0 Å². The van der Waals surface area contributed by atoms with Gasteiger partial charge in [0.05, 0.1) is 128 Å². The maximum Gasteiger partial charge on any atom is 0.204 e. The molecule has 402 valence electrons. The second-order valence-electron chi connectivity index (χ2n) is 18.6. The number of hydrogen-bond donors (Lipinski definition) is 0. The first-order valence-electron chi connectivity index (χ1n) is 24.5. The van der Waals surface area contributed by atoms with Crippen molar-refractivity contribution in [1.29, 1.82) is 0 Å². The predicted octanol–water partition coefficient (Wildman–Crippen LogP) is 12.3.